The van der Waals surface area contributed by atoms with Gasteiger partial charge in [-0.25, -0.2) is 4.98 Å². The van der Waals surface area contributed by atoms with Gasteiger partial charge in [-0.2, -0.15) is 5.26 Å². The minimum Gasteiger partial charge on any atom is -0.493 e. The maximum atomic E-state index is 13.2. The summed E-state index contributed by atoms with van der Waals surface area (Å²) in [6.45, 7) is 0. The van der Waals surface area contributed by atoms with Gasteiger partial charge in [0.25, 0.3) is 5.91 Å². The van der Waals surface area contributed by atoms with Gasteiger partial charge in [-0.3, -0.25) is 4.79 Å². The summed E-state index contributed by atoms with van der Waals surface area (Å²) in [5.41, 5.74) is 14.2. The summed E-state index contributed by atoms with van der Waals surface area (Å²) >= 11 is 1.17. The summed E-state index contributed by atoms with van der Waals surface area (Å²) in [5, 5.41) is 13.6. The van der Waals surface area contributed by atoms with Crippen LogP contribution in [0.4, 0.5) is 11.5 Å². The molecule has 1 aliphatic carbocycles. The molecule has 4 rings (SSSR count). The lowest BCUT2D eigenvalue weighted by atomic mass is 9.96. The van der Waals surface area contributed by atoms with E-state index in [2.05, 4.69) is 16.4 Å². The maximum Gasteiger partial charge on any atom is 0.263 e. The van der Waals surface area contributed by atoms with Crippen LogP contribution in [0.1, 0.15) is 53.8 Å². The van der Waals surface area contributed by atoms with E-state index < -0.39 is 0 Å². The Labute approximate surface area is 208 Å². The number of nitrogen functional groups attached to an aromatic ring is 2. The fraction of sp³-hybridized carbons (Fsp3) is 0.400. The molecule has 184 valence electrons. The van der Waals surface area contributed by atoms with E-state index in [-0.39, 0.29) is 29.0 Å². The van der Waals surface area contributed by atoms with Crippen LogP contribution in [0.15, 0.2) is 12.1 Å². The third-order valence-corrected chi connectivity index (χ3v) is 7.46. The summed E-state index contributed by atoms with van der Waals surface area (Å²) in [5.74, 6) is 1.06. The predicted octanol–water partition coefficient (Wildman–Crippen LogP) is 4.48. The van der Waals surface area contributed by atoms with Gasteiger partial charge >= 0.3 is 0 Å². The van der Waals surface area contributed by atoms with Crippen molar-refractivity contribution < 1.29 is 19.0 Å². The lowest BCUT2D eigenvalue weighted by molar-refractivity contribution is 0.0938. The number of nitrogens with zero attached hydrogens (tertiary/aromatic N) is 2. The molecule has 9 nitrogen and oxygen atoms in total. The van der Waals surface area contributed by atoms with Crippen molar-refractivity contribution in [1.29, 1.82) is 5.26 Å². The fourth-order valence-corrected chi connectivity index (χ4v) is 5.66. The zero-order chi connectivity index (χ0) is 25.1. The number of aromatic nitrogens is 1. The van der Waals surface area contributed by atoms with E-state index in [1.807, 2.05) is 0 Å². The molecule has 2 heterocycles. The van der Waals surface area contributed by atoms with E-state index in [0.29, 0.717) is 43.5 Å². The van der Waals surface area contributed by atoms with Crippen molar-refractivity contribution in [2.24, 2.45) is 0 Å². The number of pyridine rings is 1. The summed E-state index contributed by atoms with van der Waals surface area (Å²) in [6.07, 6.45) is 6.49. The minimum absolute atomic E-state index is 0.0562. The van der Waals surface area contributed by atoms with Crippen LogP contribution in [0.3, 0.4) is 0 Å². The highest BCUT2D eigenvalue weighted by Gasteiger charge is 2.27. The molecule has 5 N–H and O–H groups in total. The Morgan fingerprint density at radius 2 is 1.71 bits per heavy atom. The molecule has 0 atom stereocenters. The number of nitrogens with one attached hydrogen (secondary N) is 1. The quantitative estimate of drug-likeness (QED) is 0.424. The van der Waals surface area contributed by atoms with Gasteiger partial charge in [0.05, 0.1) is 27.0 Å². The van der Waals surface area contributed by atoms with Crippen molar-refractivity contribution in [3.8, 4) is 34.4 Å². The molecule has 3 aromatic rings. The highest BCUT2D eigenvalue weighted by Crippen LogP contribution is 2.47. The number of methoxy groups -OCH3 is 3. The first-order valence-electron chi connectivity index (χ1n) is 11.5. The van der Waals surface area contributed by atoms with Gasteiger partial charge < -0.3 is 31.0 Å². The number of nitrogens with two attached hydrogens (primary N) is 2. The number of fused-ring (bicyclic) bond motifs is 1. The van der Waals surface area contributed by atoms with Gasteiger partial charge in [0, 0.05) is 17.0 Å². The molecule has 2 aromatic heterocycles. The molecule has 0 aliphatic heterocycles. The number of anilines is 2. The normalized spacial score (nSPS) is 14.2. The molecular weight excluding hydrogens is 466 g/mol. The van der Waals surface area contributed by atoms with Gasteiger partial charge in [0.2, 0.25) is 5.75 Å². The summed E-state index contributed by atoms with van der Waals surface area (Å²) in [4.78, 5) is 18.5. The molecule has 0 radical (unpaired) electrons. The number of benzene rings is 1. The highest BCUT2D eigenvalue weighted by atomic mass is 32.1. The second kappa shape index (κ2) is 10.3. The average Bonchev–Trinajstić information content (AvgIpc) is 3.01. The van der Waals surface area contributed by atoms with E-state index in [1.54, 1.807) is 12.1 Å². The van der Waals surface area contributed by atoms with Gasteiger partial charge in [-0.05, 0) is 30.5 Å². The van der Waals surface area contributed by atoms with Crippen LogP contribution in [0.2, 0.25) is 0 Å². The molecule has 0 spiro atoms. The molecule has 0 unspecified atom stereocenters. The largest absolute Gasteiger partial charge is 0.493 e. The SMILES string of the molecule is COc1cc(-c2c(C#N)c(N)nc3sc(C(=O)NC4CCCCCC4)c(N)c23)cc(OC)c1OC. The molecule has 35 heavy (non-hydrogen) atoms. The van der Waals surface area contributed by atoms with Gasteiger partial charge in [0.1, 0.15) is 27.2 Å². The van der Waals surface area contributed by atoms with Gasteiger partial charge in [-0.1, -0.05) is 25.7 Å². The summed E-state index contributed by atoms with van der Waals surface area (Å²) in [7, 11) is 4.54. The van der Waals surface area contributed by atoms with Crippen LogP contribution >= 0.6 is 11.3 Å². The van der Waals surface area contributed by atoms with Crippen LogP contribution in [-0.4, -0.2) is 38.3 Å². The number of carbonyl (C=O) groups is 1. The second-order valence-corrected chi connectivity index (χ2v) is 9.46. The number of nitriles is 1. The number of hydrogen-bond donors (Lipinski definition) is 3. The van der Waals surface area contributed by atoms with Crippen molar-refractivity contribution >= 4 is 39.0 Å². The first kappa shape index (κ1) is 24.4. The first-order chi connectivity index (χ1) is 16.9. The molecule has 1 fully saturated rings. The van der Waals surface area contributed by atoms with Gasteiger partial charge in [0.15, 0.2) is 11.5 Å². The number of amides is 1. The van der Waals surface area contributed by atoms with Crippen molar-refractivity contribution in [3.63, 3.8) is 0 Å². The minimum atomic E-state index is -0.231. The second-order valence-electron chi connectivity index (χ2n) is 8.46. The Morgan fingerprint density at radius 1 is 1.09 bits per heavy atom. The van der Waals surface area contributed by atoms with Crippen molar-refractivity contribution in [2.75, 3.05) is 32.8 Å². The zero-order valence-electron chi connectivity index (χ0n) is 20.1. The number of ether oxygens (including phenoxy) is 3. The smallest absolute Gasteiger partial charge is 0.263 e. The topological polar surface area (TPSA) is 146 Å². The number of thiophene rings is 1. The average molecular weight is 496 g/mol. The Bertz CT molecular complexity index is 1280. The third-order valence-electron chi connectivity index (χ3n) is 6.37. The van der Waals surface area contributed by atoms with Crippen LogP contribution in [0.5, 0.6) is 17.2 Å². The lowest BCUT2D eigenvalue weighted by Gasteiger charge is -2.16. The van der Waals surface area contributed by atoms with Crippen molar-refractivity contribution in [3.05, 3.63) is 22.6 Å². The van der Waals surface area contributed by atoms with E-state index in [9.17, 15) is 10.1 Å². The maximum absolute atomic E-state index is 13.2. The van der Waals surface area contributed by atoms with Crippen LogP contribution in [0, 0.1) is 11.3 Å². The summed E-state index contributed by atoms with van der Waals surface area (Å²) < 4.78 is 16.4. The Hall–Kier alpha value is -3.71. The predicted molar refractivity (Wildman–Crippen MR) is 137 cm³/mol. The number of carbonyl (C=O) groups excluding carboxylic acids is 1. The lowest BCUT2D eigenvalue weighted by Crippen LogP contribution is -2.34. The van der Waals surface area contributed by atoms with Crippen molar-refractivity contribution in [1.82, 2.24) is 10.3 Å². The molecule has 1 saturated carbocycles. The molecule has 10 heteroatoms. The molecule has 1 aliphatic rings. The van der Waals surface area contributed by atoms with Gasteiger partial charge in [-0.15, -0.1) is 11.3 Å². The van der Waals surface area contributed by atoms with Crippen molar-refractivity contribution in [2.45, 2.75) is 44.6 Å². The Kier molecular flexibility index (Phi) is 7.17. The molecular formula is C25H29N5O4S. The Balaban J connectivity index is 1.89. The van der Waals surface area contributed by atoms with E-state index in [1.165, 1.54) is 45.5 Å². The summed E-state index contributed by atoms with van der Waals surface area (Å²) in [6, 6.07) is 5.71. The molecule has 0 saturated heterocycles. The molecule has 0 bridgehead atoms. The molecule has 1 aromatic carbocycles. The zero-order valence-corrected chi connectivity index (χ0v) is 20.9. The number of rotatable bonds is 6. The van der Waals surface area contributed by atoms with Crippen LogP contribution in [-0.2, 0) is 0 Å². The standard InChI is InChI=1S/C25H29N5O4S/c1-32-16-10-13(11-17(33-2)21(16)34-3)18-15(12-26)23(28)30-25-19(18)20(27)22(35-25)24(31)29-14-8-6-4-5-7-9-14/h10-11,14H,4-9,27H2,1-3H3,(H2,28,30)(H,29,31). The number of hydrogen-bond acceptors (Lipinski definition) is 9. The monoisotopic (exact) mass is 495 g/mol. The third kappa shape index (κ3) is 4.51. The van der Waals surface area contributed by atoms with Crippen LogP contribution in [0.25, 0.3) is 21.3 Å². The highest BCUT2D eigenvalue weighted by molar-refractivity contribution is 7.21. The Morgan fingerprint density at radius 3 is 2.26 bits per heavy atom. The first-order valence-corrected chi connectivity index (χ1v) is 12.3. The van der Waals surface area contributed by atoms with E-state index >= 15 is 0 Å². The fourth-order valence-electron chi connectivity index (χ4n) is 4.64. The van der Waals surface area contributed by atoms with E-state index in [0.717, 1.165) is 25.7 Å². The van der Waals surface area contributed by atoms with Crippen LogP contribution < -0.4 is 31.0 Å². The molecule has 1 amide bonds. The van der Waals surface area contributed by atoms with E-state index in [4.69, 9.17) is 25.7 Å².